The maximum atomic E-state index is 8.94. The quantitative estimate of drug-likeness (QED) is 0.0995. The number of hydrogen-bond acceptors (Lipinski definition) is 4. The van der Waals surface area contributed by atoms with Gasteiger partial charge in [0.1, 0.15) is 5.75 Å². The molecule has 0 bridgehead atoms. The molecule has 26 rings (SSSR count). The Morgan fingerprint density at radius 1 is 0.176 bits per heavy atom. The first-order valence-electron chi connectivity index (χ1n) is 45.7. The zero-order valence-electron chi connectivity index (χ0n) is 74.2. The van der Waals surface area contributed by atoms with E-state index in [1.54, 1.807) is 12.1 Å². The highest BCUT2D eigenvalue weighted by atomic mass is 79.9. The first kappa shape index (κ1) is 86.8. The largest absolute Gasteiger partial charge is 0.569 e. The molecule has 0 aromatic heterocycles. The topological polar surface area (TPSA) is 69.9 Å². The summed E-state index contributed by atoms with van der Waals surface area (Å²) in [6.45, 7) is 0. The van der Waals surface area contributed by atoms with Crippen molar-refractivity contribution in [2.45, 2.75) is 0 Å². The van der Waals surface area contributed by atoms with Gasteiger partial charge in [0, 0.05) is 8.95 Å². The van der Waals surface area contributed by atoms with Crippen LogP contribution in [0.4, 0.5) is 0 Å². The van der Waals surface area contributed by atoms with Crippen LogP contribution in [0.15, 0.2) is 519 Å². The molecule has 0 heterocycles. The van der Waals surface area contributed by atoms with Gasteiger partial charge in [-0.05, 0) is 297 Å². The number of halogens is 2. The molecular weight excluding hydrogens is 1780 g/mol. The van der Waals surface area contributed by atoms with Gasteiger partial charge < -0.3 is 19.7 Å². The van der Waals surface area contributed by atoms with Gasteiger partial charge in [0.05, 0.1) is 0 Å². The van der Waals surface area contributed by atoms with Crippen LogP contribution in [0.5, 0.6) is 5.75 Å². The third-order valence-corrected chi connectivity index (χ3v) is 27.6. The van der Waals surface area contributed by atoms with E-state index in [2.05, 4.69) is 463 Å². The highest BCUT2D eigenvalue weighted by molar-refractivity contribution is 9.11. The minimum absolute atomic E-state index is 0.527. The van der Waals surface area contributed by atoms with Gasteiger partial charge in [-0.2, -0.15) is 0 Å². The predicted molar refractivity (Wildman–Crippen MR) is 590 cm³/mol. The van der Waals surface area contributed by atoms with Gasteiger partial charge in [-0.15, -0.1) is 0 Å². The lowest BCUT2D eigenvalue weighted by molar-refractivity contribution is 0.426. The second kappa shape index (κ2) is 39.5. The molecule has 0 aliphatic rings. The van der Waals surface area contributed by atoms with Crippen LogP contribution in [0.25, 0.3) is 218 Å². The fourth-order valence-electron chi connectivity index (χ4n) is 19.4. The van der Waals surface area contributed by atoms with Gasteiger partial charge in [0.15, 0.2) is 0 Å². The molecule has 26 aromatic rings. The lowest BCUT2D eigenvalue weighted by Gasteiger charge is -2.18. The standard InChI is InChI=1S/C40H26.C24H15Br.C24H16.C16H12BO2.C14H9Br.C10H9BO2/c1-2-12-31-26-32(25-20-27(31)10-1)40-37-17-7-5-15-35(37)39(36-16-6-8-18-38(36)40)30-23-21-29(22-24-30)34-19-9-13-28-11-3-4-14-33(28)34;25-24-21-11-5-3-9-19(21)23(20-10-4-6-12-22(20)24)18-14-13-16-7-1-2-8-17(16)15-18;1-2-8-18-15-21(14-13-17(18)7-1)24-22-11-5-3-9-19(22)16-20-10-4-6-12-23(20)24;18-17-19-14-10-8-13(9-11-14)16-7-3-5-12-4-1-2-6-15(12)16;15-14-12-7-3-1-5-10(12)9-11-6-2-4-8-13(11)14;12-11(13)10-6-5-8-3-1-2-4-9(8)7-10/h1-26H;1-15H;1-16H;1-11,18H;1-9H;1-7,12-13H. The van der Waals surface area contributed by atoms with Crippen molar-refractivity contribution in [1.29, 1.82) is 0 Å². The monoisotopic (exact) mass is 1870 g/mol. The van der Waals surface area contributed by atoms with E-state index in [0.29, 0.717) is 18.9 Å². The molecule has 4 nitrogen and oxygen atoms in total. The molecule has 0 fully saturated rings. The molecule has 1 radical (unpaired) electrons. The van der Waals surface area contributed by atoms with Crippen LogP contribution in [0.1, 0.15) is 0 Å². The zero-order chi connectivity index (χ0) is 91.8. The maximum absolute atomic E-state index is 8.94. The summed E-state index contributed by atoms with van der Waals surface area (Å²) >= 11 is 7.51. The zero-order valence-corrected chi connectivity index (χ0v) is 77.3. The Balaban J connectivity index is 0.000000102. The molecular formula is C128H87B2Br2O4. The Bertz CT molecular complexity index is 8740. The van der Waals surface area contributed by atoms with Gasteiger partial charge >= 0.3 is 14.8 Å². The van der Waals surface area contributed by atoms with Crippen LogP contribution in [0.3, 0.4) is 0 Å². The molecule has 643 valence electrons. The summed E-state index contributed by atoms with van der Waals surface area (Å²) in [7, 11) is -0.697. The van der Waals surface area contributed by atoms with E-state index in [0.717, 1.165) is 16.3 Å². The van der Waals surface area contributed by atoms with Gasteiger partial charge in [0.2, 0.25) is 0 Å². The second-order valence-electron chi connectivity index (χ2n) is 34.0. The Labute approximate surface area is 807 Å². The number of hydrogen-bond donors (Lipinski definition) is 3. The van der Waals surface area contributed by atoms with Crippen molar-refractivity contribution in [3.63, 3.8) is 0 Å². The summed E-state index contributed by atoms with van der Waals surface area (Å²) in [5, 5.41) is 61.8. The minimum Gasteiger partial charge on any atom is -0.537 e. The molecule has 0 saturated heterocycles. The molecule has 0 amide bonds. The van der Waals surface area contributed by atoms with Crippen LogP contribution in [0.2, 0.25) is 0 Å². The SMILES string of the molecule is Brc1c2ccccc2c(-c2ccc3ccccc3c2)c2ccccc12.Brc1c2ccccc2cc2ccccc12.OB(O)c1ccc2ccccc2c1.O[B]Oc1ccc(-c2cccc3ccccc23)cc1.c1ccc2cc(-c3c4ccccc4c(-c4ccc(-c5cccc6ccccc56)cc4)c4ccccc34)ccc2c1.c1ccc2cc(-c3c4ccccc4cc4ccccc34)ccc2c1. The highest BCUT2D eigenvalue weighted by Crippen LogP contribution is 2.47. The summed E-state index contributed by atoms with van der Waals surface area (Å²) in [5.74, 6) is 0.617. The van der Waals surface area contributed by atoms with Crippen LogP contribution in [-0.4, -0.2) is 29.9 Å². The lowest BCUT2D eigenvalue weighted by Crippen LogP contribution is -2.29. The van der Waals surface area contributed by atoms with E-state index in [9.17, 15) is 0 Å². The summed E-state index contributed by atoms with van der Waals surface area (Å²) in [5.41, 5.74) is 15.6. The minimum atomic E-state index is -1.38. The van der Waals surface area contributed by atoms with Crippen molar-refractivity contribution in [2.75, 3.05) is 0 Å². The number of rotatable bonds is 9. The third kappa shape index (κ3) is 17.9. The predicted octanol–water partition coefficient (Wildman–Crippen LogP) is 34.4. The van der Waals surface area contributed by atoms with Crippen molar-refractivity contribution in [3.05, 3.63) is 519 Å². The maximum Gasteiger partial charge on any atom is 0.569 e. The van der Waals surface area contributed by atoms with Crippen molar-refractivity contribution in [3.8, 4) is 72.5 Å². The highest BCUT2D eigenvalue weighted by Gasteiger charge is 2.21. The van der Waals surface area contributed by atoms with Crippen LogP contribution in [0, 0.1) is 0 Å². The van der Waals surface area contributed by atoms with E-state index in [1.807, 2.05) is 66.7 Å². The number of benzene rings is 26. The molecule has 8 heteroatoms. The van der Waals surface area contributed by atoms with E-state index in [4.69, 9.17) is 19.7 Å². The summed E-state index contributed by atoms with van der Waals surface area (Å²) in [4.78, 5) is 0. The van der Waals surface area contributed by atoms with E-state index >= 15 is 0 Å². The average Bonchev–Trinajstić information content (AvgIpc) is 0.732. The summed E-state index contributed by atoms with van der Waals surface area (Å²) < 4.78 is 7.28. The van der Waals surface area contributed by atoms with Crippen molar-refractivity contribution >= 4 is 203 Å². The van der Waals surface area contributed by atoms with Crippen molar-refractivity contribution < 1.29 is 19.7 Å². The van der Waals surface area contributed by atoms with Gasteiger partial charge in [0.25, 0.3) is 0 Å². The molecule has 0 atom stereocenters. The summed E-state index contributed by atoms with van der Waals surface area (Å²) in [6.07, 6.45) is 0. The van der Waals surface area contributed by atoms with E-state index in [1.165, 1.54) is 210 Å². The van der Waals surface area contributed by atoms with Crippen molar-refractivity contribution in [2.24, 2.45) is 0 Å². The van der Waals surface area contributed by atoms with E-state index < -0.39 is 7.12 Å². The smallest absolute Gasteiger partial charge is 0.537 e. The molecule has 0 saturated carbocycles. The summed E-state index contributed by atoms with van der Waals surface area (Å²) in [6, 6.07) is 180. The molecule has 0 aliphatic heterocycles. The first-order valence-corrected chi connectivity index (χ1v) is 47.3. The number of fused-ring (bicyclic) bond motifs is 14. The Morgan fingerprint density at radius 2 is 0.412 bits per heavy atom. The van der Waals surface area contributed by atoms with Crippen LogP contribution >= 0.6 is 31.9 Å². The Morgan fingerprint density at radius 3 is 0.772 bits per heavy atom. The molecule has 136 heavy (non-hydrogen) atoms. The molecule has 0 spiro atoms. The second-order valence-corrected chi connectivity index (χ2v) is 35.6. The van der Waals surface area contributed by atoms with Crippen LogP contribution < -0.4 is 10.1 Å². The van der Waals surface area contributed by atoms with Gasteiger partial charge in [-0.25, -0.2) is 0 Å². The molecule has 0 aliphatic carbocycles. The van der Waals surface area contributed by atoms with Crippen molar-refractivity contribution in [1.82, 2.24) is 0 Å². The molecule has 0 unspecified atom stereocenters. The fraction of sp³-hybridized carbons (Fsp3) is 0. The Kier molecular flexibility index (Phi) is 25.2. The van der Waals surface area contributed by atoms with Gasteiger partial charge in [-0.3, -0.25) is 0 Å². The van der Waals surface area contributed by atoms with Gasteiger partial charge in [-0.1, -0.05) is 467 Å². The normalized spacial score (nSPS) is 11.1. The Hall–Kier alpha value is -15.9. The fourth-order valence-corrected chi connectivity index (χ4v) is 20.8. The molecule has 3 N–H and O–H groups in total. The lowest BCUT2D eigenvalue weighted by atomic mass is 9.79. The average molecular weight is 1870 g/mol. The van der Waals surface area contributed by atoms with E-state index in [-0.39, 0.29) is 0 Å². The molecule has 26 aromatic carbocycles. The first-order chi connectivity index (χ1) is 67.1. The third-order valence-electron chi connectivity index (χ3n) is 25.9. The van der Waals surface area contributed by atoms with Crippen LogP contribution in [-0.2, 0) is 0 Å².